The quantitative estimate of drug-likeness (QED) is 0.793. The van der Waals surface area contributed by atoms with Crippen molar-refractivity contribution < 1.29 is 4.74 Å². The summed E-state index contributed by atoms with van der Waals surface area (Å²) < 4.78 is 5.68. The van der Waals surface area contributed by atoms with E-state index in [1.807, 2.05) is 19.9 Å². The van der Waals surface area contributed by atoms with Crippen LogP contribution in [0.25, 0.3) is 0 Å². The lowest BCUT2D eigenvalue weighted by Gasteiger charge is -2.16. The molecule has 1 aromatic carbocycles. The first-order valence-corrected chi connectivity index (χ1v) is 6.13. The second-order valence-electron chi connectivity index (χ2n) is 4.41. The molecule has 0 spiro atoms. The summed E-state index contributed by atoms with van der Waals surface area (Å²) >= 11 is 0. The lowest BCUT2D eigenvalue weighted by atomic mass is 10.1. The summed E-state index contributed by atoms with van der Waals surface area (Å²) in [5, 5.41) is 3.47. The minimum atomic E-state index is 0.231. The first-order chi connectivity index (χ1) is 7.63. The number of hydrogen-bond donors (Lipinski definition) is 1. The van der Waals surface area contributed by atoms with Gasteiger partial charge in [0, 0.05) is 6.04 Å². The Labute approximate surface area is 99.0 Å². The fourth-order valence-corrected chi connectivity index (χ4v) is 1.61. The SMILES string of the molecule is CCCN[C@H](C)c1cccc(OC(C)C)c1. The van der Waals surface area contributed by atoms with Gasteiger partial charge in [-0.25, -0.2) is 0 Å². The molecule has 1 atom stereocenters. The van der Waals surface area contributed by atoms with Gasteiger partial charge in [-0.1, -0.05) is 19.1 Å². The van der Waals surface area contributed by atoms with Crippen molar-refractivity contribution in [3.8, 4) is 5.75 Å². The van der Waals surface area contributed by atoms with Crippen LogP contribution in [0.15, 0.2) is 24.3 Å². The van der Waals surface area contributed by atoms with Gasteiger partial charge in [0.1, 0.15) is 5.75 Å². The van der Waals surface area contributed by atoms with Crippen molar-refractivity contribution in [1.29, 1.82) is 0 Å². The van der Waals surface area contributed by atoms with Crippen molar-refractivity contribution in [2.45, 2.75) is 46.3 Å². The standard InChI is InChI=1S/C14H23NO/c1-5-9-15-12(4)13-7-6-8-14(10-13)16-11(2)3/h6-8,10-12,15H,5,9H2,1-4H3/t12-/m1/s1. The molecule has 1 aromatic rings. The predicted molar refractivity (Wildman–Crippen MR) is 68.9 cm³/mol. The molecule has 0 saturated carbocycles. The van der Waals surface area contributed by atoms with Crippen molar-refractivity contribution in [2.75, 3.05) is 6.54 Å². The van der Waals surface area contributed by atoms with E-state index < -0.39 is 0 Å². The maximum atomic E-state index is 5.68. The molecule has 0 radical (unpaired) electrons. The van der Waals surface area contributed by atoms with E-state index in [0.29, 0.717) is 6.04 Å². The monoisotopic (exact) mass is 221 g/mol. The highest BCUT2D eigenvalue weighted by Gasteiger charge is 2.05. The second kappa shape index (κ2) is 6.54. The topological polar surface area (TPSA) is 21.3 Å². The molecule has 1 N–H and O–H groups in total. The zero-order valence-electron chi connectivity index (χ0n) is 10.8. The average Bonchev–Trinajstić information content (AvgIpc) is 2.25. The van der Waals surface area contributed by atoms with E-state index >= 15 is 0 Å². The molecule has 0 saturated heterocycles. The molecular weight excluding hydrogens is 198 g/mol. The van der Waals surface area contributed by atoms with Crippen molar-refractivity contribution >= 4 is 0 Å². The van der Waals surface area contributed by atoms with Gasteiger partial charge in [-0.2, -0.15) is 0 Å². The maximum absolute atomic E-state index is 5.68. The number of hydrogen-bond acceptors (Lipinski definition) is 2. The summed E-state index contributed by atoms with van der Waals surface area (Å²) in [6.07, 6.45) is 1.39. The lowest BCUT2D eigenvalue weighted by Crippen LogP contribution is -2.19. The molecule has 16 heavy (non-hydrogen) atoms. The van der Waals surface area contributed by atoms with Crippen molar-refractivity contribution in [3.63, 3.8) is 0 Å². The van der Waals surface area contributed by atoms with Gasteiger partial charge in [-0.05, 0) is 51.4 Å². The molecule has 2 heteroatoms. The Bertz CT molecular complexity index is 309. The van der Waals surface area contributed by atoms with E-state index in [4.69, 9.17) is 4.74 Å². The van der Waals surface area contributed by atoms with Gasteiger partial charge in [0.2, 0.25) is 0 Å². The number of ether oxygens (including phenoxy) is 1. The summed E-state index contributed by atoms with van der Waals surface area (Å²) in [6, 6.07) is 8.71. The van der Waals surface area contributed by atoms with Crippen LogP contribution in [0, 0.1) is 0 Å². The normalized spacial score (nSPS) is 12.8. The molecule has 0 bridgehead atoms. The van der Waals surface area contributed by atoms with E-state index in [9.17, 15) is 0 Å². The molecule has 0 amide bonds. The Balaban J connectivity index is 2.65. The van der Waals surface area contributed by atoms with Crippen LogP contribution < -0.4 is 10.1 Å². The van der Waals surface area contributed by atoms with Gasteiger partial charge >= 0.3 is 0 Å². The molecular formula is C14H23NO. The third kappa shape index (κ3) is 4.23. The molecule has 1 rings (SSSR count). The van der Waals surface area contributed by atoms with Crippen LogP contribution in [-0.4, -0.2) is 12.6 Å². The van der Waals surface area contributed by atoms with Gasteiger partial charge in [-0.3, -0.25) is 0 Å². The summed E-state index contributed by atoms with van der Waals surface area (Å²) in [7, 11) is 0. The number of benzene rings is 1. The van der Waals surface area contributed by atoms with Gasteiger partial charge in [0.15, 0.2) is 0 Å². The third-order valence-corrected chi connectivity index (χ3v) is 2.43. The summed E-state index contributed by atoms with van der Waals surface area (Å²) in [4.78, 5) is 0. The zero-order chi connectivity index (χ0) is 12.0. The second-order valence-corrected chi connectivity index (χ2v) is 4.41. The average molecular weight is 221 g/mol. The molecule has 0 heterocycles. The Morgan fingerprint density at radius 3 is 2.62 bits per heavy atom. The summed E-state index contributed by atoms with van der Waals surface area (Å²) in [5.41, 5.74) is 1.28. The molecule has 0 aliphatic heterocycles. The smallest absolute Gasteiger partial charge is 0.120 e. The van der Waals surface area contributed by atoms with E-state index in [0.717, 1.165) is 18.7 Å². The first kappa shape index (κ1) is 13.0. The Hall–Kier alpha value is -1.02. The number of nitrogens with one attached hydrogen (secondary N) is 1. The van der Waals surface area contributed by atoms with Crippen LogP contribution in [0.5, 0.6) is 5.75 Å². The summed E-state index contributed by atoms with van der Waals surface area (Å²) in [6.45, 7) is 9.51. The van der Waals surface area contributed by atoms with E-state index in [1.54, 1.807) is 0 Å². The van der Waals surface area contributed by atoms with Crippen molar-refractivity contribution in [1.82, 2.24) is 5.32 Å². The lowest BCUT2D eigenvalue weighted by molar-refractivity contribution is 0.242. The molecule has 90 valence electrons. The minimum Gasteiger partial charge on any atom is -0.491 e. The zero-order valence-corrected chi connectivity index (χ0v) is 10.8. The van der Waals surface area contributed by atoms with Gasteiger partial charge in [-0.15, -0.1) is 0 Å². The van der Waals surface area contributed by atoms with Crippen molar-refractivity contribution in [2.24, 2.45) is 0 Å². The minimum absolute atomic E-state index is 0.231. The fourth-order valence-electron chi connectivity index (χ4n) is 1.61. The molecule has 2 nitrogen and oxygen atoms in total. The van der Waals surface area contributed by atoms with E-state index in [-0.39, 0.29) is 6.10 Å². The van der Waals surface area contributed by atoms with Gasteiger partial charge < -0.3 is 10.1 Å². The Morgan fingerprint density at radius 1 is 1.25 bits per heavy atom. The van der Waals surface area contributed by atoms with Crippen LogP contribution in [0.3, 0.4) is 0 Å². The molecule has 0 fully saturated rings. The maximum Gasteiger partial charge on any atom is 0.120 e. The van der Waals surface area contributed by atoms with Crippen LogP contribution in [0.4, 0.5) is 0 Å². The highest BCUT2D eigenvalue weighted by molar-refractivity contribution is 5.30. The molecule has 0 unspecified atom stereocenters. The fraction of sp³-hybridized carbons (Fsp3) is 0.571. The highest BCUT2D eigenvalue weighted by Crippen LogP contribution is 2.19. The van der Waals surface area contributed by atoms with E-state index in [2.05, 4.69) is 37.4 Å². The third-order valence-electron chi connectivity index (χ3n) is 2.43. The molecule has 0 aliphatic carbocycles. The number of rotatable bonds is 6. The highest BCUT2D eigenvalue weighted by atomic mass is 16.5. The summed E-state index contributed by atoms with van der Waals surface area (Å²) in [5.74, 6) is 0.956. The van der Waals surface area contributed by atoms with Gasteiger partial charge in [0.05, 0.1) is 6.10 Å². The molecule has 0 aliphatic rings. The van der Waals surface area contributed by atoms with Crippen LogP contribution >= 0.6 is 0 Å². The molecule has 0 aromatic heterocycles. The Kier molecular flexibility index (Phi) is 5.33. The van der Waals surface area contributed by atoms with Crippen molar-refractivity contribution in [3.05, 3.63) is 29.8 Å². The Morgan fingerprint density at radius 2 is 2.00 bits per heavy atom. The first-order valence-electron chi connectivity index (χ1n) is 6.13. The van der Waals surface area contributed by atoms with Crippen LogP contribution in [-0.2, 0) is 0 Å². The van der Waals surface area contributed by atoms with Gasteiger partial charge in [0.25, 0.3) is 0 Å². The van der Waals surface area contributed by atoms with E-state index in [1.165, 1.54) is 5.56 Å². The predicted octanol–water partition coefficient (Wildman–Crippen LogP) is 3.53. The van der Waals surface area contributed by atoms with Crippen LogP contribution in [0.1, 0.15) is 45.7 Å². The van der Waals surface area contributed by atoms with Crippen LogP contribution in [0.2, 0.25) is 0 Å². The largest absolute Gasteiger partial charge is 0.491 e.